The molecular weight excluding hydrogens is 384 g/mol. The van der Waals surface area contributed by atoms with Crippen molar-refractivity contribution in [1.29, 1.82) is 0 Å². The summed E-state index contributed by atoms with van der Waals surface area (Å²) in [5.41, 5.74) is 0.206. The Kier molecular flexibility index (Phi) is 7.19. The number of nitrogens with zero attached hydrogens (tertiary/aromatic N) is 1. The number of aliphatic carboxylic acids is 1. The molecule has 1 fully saturated rings. The summed E-state index contributed by atoms with van der Waals surface area (Å²) < 4.78 is 32.6. The molecule has 0 aliphatic carbocycles. The number of carbonyl (C=O) groups is 2. The smallest absolute Gasteiger partial charge is 0.326 e. The number of hydrogen-bond acceptors (Lipinski definition) is 5. The fourth-order valence-corrected chi connectivity index (χ4v) is 4.78. The standard InChI is InChI=1S/C19H28N2O6S/c1-12(2)9-17(19(23)24)20-18(22)15-5-7-16(8-6-15)28(25,26)21-10-13(3)27-14(4)11-21/h5-8,12-14,17H,9-11H2,1-4H3,(H,20,22)(H,23,24)/t13-,14-,17-/m0/s1. The van der Waals surface area contributed by atoms with Crippen LogP contribution in [-0.4, -0.2) is 61.0 Å². The average molecular weight is 413 g/mol. The van der Waals surface area contributed by atoms with Gasteiger partial charge in [0, 0.05) is 18.7 Å². The second-order valence-corrected chi connectivity index (χ2v) is 9.54. The zero-order chi connectivity index (χ0) is 21.1. The summed E-state index contributed by atoms with van der Waals surface area (Å²) in [5.74, 6) is -1.55. The van der Waals surface area contributed by atoms with Gasteiger partial charge in [-0.1, -0.05) is 13.8 Å². The van der Waals surface area contributed by atoms with E-state index in [1.165, 1.54) is 28.6 Å². The number of ether oxygens (including phenoxy) is 1. The average Bonchev–Trinajstić information content (AvgIpc) is 2.60. The van der Waals surface area contributed by atoms with Crippen LogP contribution in [0.4, 0.5) is 0 Å². The van der Waals surface area contributed by atoms with Crippen LogP contribution in [0.25, 0.3) is 0 Å². The summed E-state index contributed by atoms with van der Waals surface area (Å²) in [5, 5.41) is 11.7. The normalized spacial score (nSPS) is 22.0. The summed E-state index contributed by atoms with van der Waals surface area (Å²) in [7, 11) is -3.70. The minimum atomic E-state index is -3.70. The Hall–Kier alpha value is -1.97. The fourth-order valence-electron chi connectivity index (χ4n) is 3.19. The Morgan fingerprint density at radius 1 is 1.18 bits per heavy atom. The van der Waals surface area contributed by atoms with Gasteiger partial charge in [-0.3, -0.25) is 4.79 Å². The van der Waals surface area contributed by atoms with Gasteiger partial charge in [-0.15, -0.1) is 0 Å². The topological polar surface area (TPSA) is 113 Å². The van der Waals surface area contributed by atoms with E-state index >= 15 is 0 Å². The summed E-state index contributed by atoms with van der Waals surface area (Å²) in [6.07, 6.45) is -0.0871. The van der Waals surface area contributed by atoms with Crippen LogP contribution in [-0.2, 0) is 19.6 Å². The number of carbonyl (C=O) groups excluding carboxylic acids is 1. The highest BCUT2D eigenvalue weighted by molar-refractivity contribution is 7.89. The summed E-state index contributed by atoms with van der Waals surface area (Å²) in [6.45, 7) is 7.92. The van der Waals surface area contributed by atoms with E-state index in [0.717, 1.165) is 0 Å². The zero-order valence-corrected chi connectivity index (χ0v) is 17.4. The monoisotopic (exact) mass is 412 g/mol. The van der Waals surface area contributed by atoms with Gasteiger partial charge in [0.05, 0.1) is 17.1 Å². The molecule has 156 valence electrons. The van der Waals surface area contributed by atoms with Crippen LogP contribution in [0.2, 0.25) is 0 Å². The van der Waals surface area contributed by atoms with Gasteiger partial charge < -0.3 is 15.2 Å². The van der Waals surface area contributed by atoms with Gasteiger partial charge in [-0.25, -0.2) is 13.2 Å². The molecule has 1 amide bonds. The molecule has 1 aromatic rings. The van der Waals surface area contributed by atoms with Gasteiger partial charge in [-0.05, 0) is 50.5 Å². The highest BCUT2D eigenvalue weighted by Gasteiger charge is 2.32. The van der Waals surface area contributed by atoms with Gasteiger partial charge in [0.1, 0.15) is 6.04 Å². The zero-order valence-electron chi connectivity index (χ0n) is 16.6. The Labute approximate surface area is 165 Å². The van der Waals surface area contributed by atoms with Gasteiger partial charge >= 0.3 is 5.97 Å². The van der Waals surface area contributed by atoms with Gasteiger partial charge in [-0.2, -0.15) is 4.31 Å². The lowest BCUT2D eigenvalue weighted by molar-refractivity contribution is -0.139. The Morgan fingerprint density at radius 3 is 2.18 bits per heavy atom. The molecule has 1 aliphatic heterocycles. The fraction of sp³-hybridized carbons (Fsp3) is 0.579. The molecule has 2 N–H and O–H groups in total. The van der Waals surface area contributed by atoms with Crippen molar-refractivity contribution in [3.8, 4) is 0 Å². The molecule has 3 atom stereocenters. The largest absolute Gasteiger partial charge is 0.480 e. The SMILES string of the molecule is CC(C)C[C@H](NC(=O)c1ccc(S(=O)(=O)N2C[C@H](C)O[C@@H](C)C2)cc1)C(=O)O. The number of carboxylic acid groups (broad SMARTS) is 1. The van der Waals surface area contributed by atoms with Crippen LogP contribution in [0.1, 0.15) is 44.5 Å². The van der Waals surface area contributed by atoms with Gasteiger partial charge in [0.25, 0.3) is 5.91 Å². The van der Waals surface area contributed by atoms with Crippen molar-refractivity contribution in [3.63, 3.8) is 0 Å². The second-order valence-electron chi connectivity index (χ2n) is 7.60. The van der Waals surface area contributed by atoms with Crippen molar-refractivity contribution in [3.05, 3.63) is 29.8 Å². The molecule has 0 unspecified atom stereocenters. The number of carboxylic acids is 1. The van der Waals surface area contributed by atoms with E-state index in [1.807, 2.05) is 27.7 Å². The lowest BCUT2D eigenvalue weighted by Crippen LogP contribution is -2.48. The molecule has 8 nitrogen and oxygen atoms in total. The number of rotatable bonds is 7. The molecule has 1 saturated heterocycles. The van der Waals surface area contributed by atoms with Crippen LogP contribution in [0.5, 0.6) is 0 Å². The predicted octanol–water partition coefficient (Wildman–Crippen LogP) is 1.71. The van der Waals surface area contributed by atoms with Crippen molar-refractivity contribution in [1.82, 2.24) is 9.62 Å². The second kappa shape index (κ2) is 9.02. The first-order valence-electron chi connectivity index (χ1n) is 9.30. The number of nitrogens with one attached hydrogen (secondary N) is 1. The van der Waals surface area contributed by atoms with Crippen molar-refractivity contribution in [2.24, 2.45) is 5.92 Å². The lowest BCUT2D eigenvalue weighted by atomic mass is 10.0. The molecule has 0 radical (unpaired) electrons. The van der Waals surface area contributed by atoms with E-state index in [0.29, 0.717) is 6.42 Å². The van der Waals surface area contributed by atoms with Gasteiger partial charge in [0.2, 0.25) is 10.0 Å². The van der Waals surface area contributed by atoms with Gasteiger partial charge in [0.15, 0.2) is 0 Å². The third-order valence-electron chi connectivity index (χ3n) is 4.45. The van der Waals surface area contributed by atoms with E-state index in [2.05, 4.69) is 5.32 Å². The molecule has 28 heavy (non-hydrogen) atoms. The van der Waals surface area contributed by atoms with E-state index in [-0.39, 0.29) is 41.7 Å². The van der Waals surface area contributed by atoms with E-state index in [4.69, 9.17) is 4.74 Å². The molecule has 0 spiro atoms. The molecule has 9 heteroatoms. The number of hydrogen-bond donors (Lipinski definition) is 2. The number of morpholine rings is 1. The van der Waals surface area contributed by atoms with Crippen molar-refractivity contribution in [2.75, 3.05) is 13.1 Å². The first-order valence-corrected chi connectivity index (χ1v) is 10.7. The van der Waals surface area contributed by atoms with E-state index < -0.39 is 27.9 Å². The van der Waals surface area contributed by atoms with Crippen LogP contribution in [0, 0.1) is 5.92 Å². The molecule has 1 aliphatic rings. The summed E-state index contributed by atoms with van der Waals surface area (Å²) in [6, 6.07) is 4.53. The number of amides is 1. The molecule has 0 bridgehead atoms. The van der Waals surface area contributed by atoms with Crippen molar-refractivity contribution < 1.29 is 27.9 Å². The van der Waals surface area contributed by atoms with Crippen LogP contribution in [0.15, 0.2) is 29.2 Å². The molecular formula is C19H28N2O6S. The third-order valence-corrected chi connectivity index (χ3v) is 6.30. The van der Waals surface area contributed by atoms with Crippen LogP contribution < -0.4 is 5.32 Å². The molecule has 1 aromatic carbocycles. The highest BCUT2D eigenvalue weighted by atomic mass is 32.2. The molecule has 0 saturated carbocycles. The van der Waals surface area contributed by atoms with Crippen molar-refractivity contribution in [2.45, 2.75) is 57.3 Å². The minimum absolute atomic E-state index is 0.0855. The Balaban J connectivity index is 2.13. The van der Waals surface area contributed by atoms with E-state index in [9.17, 15) is 23.1 Å². The summed E-state index contributed by atoms with van der Waals surface area (Å²) in [4.78, 5) is 23.7. The maximum absolute atomic E-state index is 12.8. The first-order chi connectivity index (χ1) is 13.0. The van der Waals surface area contributed by atoms with Crippen molar-refractivity contribution >= 4 is 21.9 Å². The van der Waals surface area contributed by atoms with E-state index in [1.54, 1.807) is 0 Å². The third kappa shape index (κ3) is 5.52. The minimum Gasteiger partial charge on any atom is -0.480 e. The van der Waals surface area contributed by atoms with Crippen LogP contribution in [0.3, 0.4) is 0 Å². The highest BCUT2D eigenvalue weighted by Crippen LogP contribution is 2.21. The maximum atomic E-state index is 12.8. The molecule has 2 rings (SSSR count). The number of benzene rings is 1. The molecule has 1 heterocycles. The summed E-state index contributed by atoms with van der Waals surface area (Å²) >= 11 is 0. The Bertz CT molecular complexity index is 796. The Morgan fingerprint density at radius 2 is 1.71 bits per heavy atom. The number of sulfonamides is 1. The quantitative estimate of drug-likeness (QED) is 0.705. The lowest BCUT2D eigenvalue weighted by Gasteiger charge is -2.34. The van der Waals surface area contributed by atoms with Crippen LogP contribution >= 0.6 is 0 Å². The first kappa shape index (κ1) is 22.3. The predicted molar refractivity (Wildman–Crippen MR) is 104 cm³/mol. The molecule has 0 aromatic heterocycles. The maximum Gasteiger partial charge on any atom is 0.326 e.